The molecular formula is C15H28N2O2. The summed E-state index contributed by atoms with van der Waals surface area (Å²) in [6.07, 6.45) is 5.45. The molecule has 0 saturated carbocycles. The van der Waals surface area contributed by atoms with Crippen molar-refractivity contribution in [2.75, 3.05) is 33.4 Å². The van der Waals surface area contributed by atoms with Gasteiger partial charge in [0.15, 0.2) is 0 Å². The Morgan fingerprint density at radius 3 is 2.89 bits per heavy atom. The van der Waals surface area contributed by atoms with Crippen LogP contribution in [0.1, 0.15) is 39.0 Å². The molecule has 2 rings (SSSR count). The molecule has 0 aromatic carbocycles. The van der Waals surface area contributed by atoms with Crippen molar-refractivity contribution in [3.8, 4) is 0 Å². The van der Waals surface area contributed by atoms with E-state index >= 15 is 0 Å². The largest absolute Gasteiger partial charge is 0.381 e. The first-order valence-corrected chi connectivity index (χ1v) is 7.72. The van der Waals surface area contributed by atoms with Crippen LogP contribution in [-0.4, -0.2) is 50.2 Å². The zero-order valence-electron chi connectivity index (χ0n) is 12.4. The minimum atomic E-state index is 0.275. The number of piperidine rings is 1. The molecule has 2 saturated heterocycles. The van der Waals surface area contributed by atoms with E-state index in [1.165, 1.54) is 19.3 Å². The monoisotopic (exact) mass is 268 g/mol. The van der Waals surface area contributed by atoms with Crippen molar-refractivity contribution in [2.45, 2.75) is 45.1 Å². The average Bonchev–Trinajstić information content (AvgIpc) is 2.42. The van der Waals surface area contributed by atoms with E-state index in [0.29, 0.717) is 24.3 Å². The smallest absolute Gasteiger partial charge is 0.223 e. The number of carbonyl (C=O) groups is 1. The van der Waals surface area contributed by atoms with E-state index in [1.807, 2.05) is 11.9 Å². The highest BCUT2D eigenvalue weighted by atomic mass is 16.5. The third-order valence-corrected chi connectivity index (χ3v) is 4.54. The normalized spacial score (nSPS) is 32.0. The Hall–Kier alpha value is -0.610. The fraction of sp³-hybridized carbons (Fsp3) is 0.933. The summed E-state index contributed by atoms with van der Waals surface area (Å²) in [5, 5.41) is 3.49. The number of hydrogen-bond donors (Lipinski definition) is 1. The molecule has 0 aromatic rings. The molecule has 3 unspecified atom stereocenters. The molecule has 19 heavy (non-hydrogen) atoms. The number of carbonyl (C=O) groups excluding carboxylic acids is 1. The molecule has 3 atom stereocenters. The Labute approximate surface area is 116 Å². The van der Waals surface area contributed by atoms with Crippen molar-refractivity contribution >= 4 is 5.91 Å². The highest BCUT2D eigenvalue weighted by Crippen LogP contribution is 2.19. The molecule has 1 amide bonds. The second kappa shape index (κ2) is 7.25. The second-order valence-electron chi connectivity index (χ2n) is 6.24. The van der Waals surface area contributed by atoms with Crippen LogP contribution >= 0.6 is 0 Å². The van der Waals surface area contributed by atoms with Gasteiger partial charge in [-0.05, 0) is 44.1 Å². The van der Waals surface area contributed by atoms with Gasteiger partial charge in [-0.2, -0.15) is 0 Å². The summed E-state index contributed by atoms with van der Waals surface area (Å²) in [7, 11) is 1.93. The summed E-state index contributed by atoms with van der Waals surface area (Å²) >= 11 is 0. The van der Waals surface area contributed by atoms with Crippen molar-refractivity contribution in [3.63, 3.8) is 0 Å². The van der Waals surface area contributed by atoms with Crippen molar-refractivity contribution in [3.05, 3.63) is 0 Å². The van der Waals surface area contributed by atoms with Gasteiger partial charge < -0.3 is 15.0 Å². The van der Waals surface area contributed by atoms with Gasteiger partial charge in [0.05, 0.1) is 6.61 Å². The lowest BCUT2D eigenvalue weighted by molar-refractivity contribution is -0.132. The van der Waals surface area contributed by atoms with E-state index < -0.39 is 0 Å². The Morgan fingerprint density at radius 2 is 2.21 bits per heavy atom. The topological polar surface area (TPSA) is 41.6 Å². The van der Waals surface area contributed by atoms with Crippen LogP contribution < -0.4 is 5.32 Å². The Kier molecular flexibility index (Phi) is 5.64. The summed E-state index contributed by atoms with van der Waals surface area (Å²) in [4.78, 5) is 14.2. The van der Waals surface area contributed by atoms with Gasteiger partial charge in [-0.3, -0.25) is 4.79 Å². The SMILES string of the molecule is CC1CCCNC1CC(=O)N(C)CC1CCCOC1. The molecule has 2 aliphatic heterocycles. The van der Waals surface area contributed by atoms with Crippen molar-refractivity contribution in [1.29, 1.82) is 0 Å². The lowest BCUT2D eigenvalue weighted by Gasteiger charge is -2.32. The molecule has 110 valence electrons. The maximum Gasteiger partial charge on any atom is 0.223 e. The minimum Gasteiger partial charge on any atom is -0.381 e. The fourth-order valence-electron chi connectivity index (χ4n) is 3.17. The molecule has 0 radical (unpaired) electrons. The number of nitrogens with zero attached hydrogens (tertiary/aromatic N) is 1. The number of nitrogens with one attached hydrogen (secondary N) is 1. The van der Waals surface area contributed by atoms with E-state index in [0.717, 1.165) is 32.7 Å². The van der Waals surface area contributed by atoms with E-state index in [9.17, 15) is 4.79 Å². The molecule has 2 aliphatic rings. The number of ether oxygens (including phenoxy) is 1. The van der Waals surface area contributed by atoms with Crippen molar-refractivity contribution in [2.24, 2.45) is 11.8 Å². The van der Waals surface area contributed by atoms with Crippen LogP contribution in [-0.2, 0) is 9.53 Å². The Bertz CT molecular complexity index is 290. The maximum absolute atomic E-state index is 12.3. The van der Waals surface area contributed by atoms with Crippen molar-refractivity contribution in [1.82, 2.24) is 10.2 Å². The maximum atomic E-state index is 12.3. The molecule has 1 N–H and O–H groups in total. The van der Waals surface area contributed by atoms with Crippen LogP contribution in [0.4, 0.5) is 0 Å². The molecule has 2 heterocycles. The second-order valence-corrected chi connectivity index (χ2v) is 6.24. The molecule has 4 nitrogen and oxygen atoms in total. The Morgan fingerprint density at radius 1 is 1.37 bits per heavy atom. The number of hydrogen-bond acceptors (Lipinski definition) is 3. The van der Waals surface area contributed by atoms with E-state index in [2.05, 4.69) is 12.2 Å². The summed E-state index contributed by atoms with van der Waals surface area (Å²) < 4.78 is 5.48. The molecule has 4 heteroatoms. The molecule has 0 spiro atoms. The third-order valence-electron chi connectivity index (χ3n) is 4.54. The first-order valence-electron chi connectivity index (χ1n) is 7.72. The quantitative estimate of drug-likeness (QED) is 0.843. The zero-order chi connectivity index (χ0) is 13.7. The van der Waals surface area contributed by atoms with Crippen LogP contribution in [0.2, 0.25) is 0 Å². The average molecular weight is 268 g/mol. The number of amides is 1. The van der Waals surface area contributed by atoms with Crippen LogP contribution in [0.3, 0.4) is 0 Å². The van der Waals surface area contributed by atoms with Gasteiger partial charge in [0.2, 0.25) is 5.91 Å². The van der Waals surface area contributed by atoms with Gasteiger partial charge in [0, 0.05) is 32.7 Å². The molecule has 0 aliphatic carbocycles. The van der Waals surface area contributed by atoms with Gasteiger partial charge in [-0.1, -0.05) is 6.92 Å². The first-order chi connectivity index (χ1) is 9.16. The number of rotatable bonds is 4. The van der Waals surface area contributed by atoms with Crippen LogP contribution in [0.25, 0.3) is 0 Å². The summed E-state index contributed by atoms with van der Waals surface area (Å²) in [5.41, 5.74) is 0. The van der Waals surface area contributed by atoms with Gasteiger partial charge in [0.1, 0.15) is 0 Å². The summed E-state index contributed by atoms with van der Waals surface area (Å²) in [6, 6.07) is 0.367. The van der Waals surface area contributed by atoms with Crippen molar-refractivity contribution < 1.29 is 9.53 Å². The lowest BCUT2D eigenvalue weighted by Crippen LogP contribution is -2.44. The third kappa shape index (κ3) is 4.46. The summed E-state index contributed by atoms with van der Waals surface area (Å²) in [5.74, 6) is 1.42. The lowest BCUT2D eigenvalue weighted by atomic mass is 9.90. The standard InChI is InChI=1S/C15H28N2O2/c1-12-5-3-7-16-14(12)9-15(18)17(2)10-13-6-4-8-19-11-13/h12-14,16H,3-11H2,1-2H3. The molecule has 2 fully saturated rings. The van der Waals surface area contributed by atoms with Crippen LogP contribution in [0.5, 0.6) is 0 Å². The van der Waals surface area contributed by atoms with Gasteiger partial charge in [-0.25, -0.2) is 0 Å². The fourth-order valence-corrected chi connectivity index (χ4v) is 3.17. The summed E-state index contributed by atoms with van der Waals surface area (Å²) in [6.45, 7) is 5.86. The van der Waals surface area contributed by atoms with Gasteiger partial charge in [0.25, 0.3) is 0 Å². The molecule has 0 aromatic heterocycles. The van der Waals surface area contributed by atoms with Gasteiger partial charge in [-0.15, -0.1) is 0 Å². The molecule has 0 bridgehead atoms. The van der Waals surface area contributed by atoms with Gasteiger partial charge >= 0.3 is 0 Å². The van der Waals surface area contributed by atoms with E-state index in [-0.39, 0.29) is 5.91 Å². The molecular weight excluding hydrogens is 240 g/mol. The minimum absolute atomic E-state index is 0.275. The van der Waals surface area contributed by atoms with E-state index in [1.54, 1.807) is 0 Å². The zero-order valence-corrected chi connectivity index (χ0v) is 12.4. The van der Waals surface area contributed by atoms with Crippen LogP contribution in [0, 0.1) is 11.8 Å². The predicted octanol–water partition coefficient (Wildman–Crippen LogP) is 1.65. The first kappa shape index (κ1) is 14.8. The Balaban J connectivity index is 1.74. The van der Waals surface area contributed by atoms with E-state index in [4.69, 9.17) is 4.74 Å². The highest BCUT2D eigenvalue weighted by molar-refractivity contribution is 5.76. The highest BCUT2D eigenvalue weighted by Gasteiger charge is 2.25. The van der Waals surface area contributed by atoms with Crippen LogP contribution in [0.15, 0.2) is 0 Å². The predicted molar refractivity (Wildman–Crippen MR) is 76.0 cm³/mol.